The number of hydrogen-bond donors (Lipinski definition) is 1. The van der Waals surface area contributed by atoms with Crippen molar-refractivity contribution in [1.29, 1.82) is 0 Å². The van der Waals surface area contributed by atoms with Crippen LogP contribution >= 0.6 is 34.7 Å². The number of halogens is 2. The van der Waals surface area contributed by atoms with Crippen LogP contribution in [0.25, 0.3) is 11.0 Å². The Bertz CT molecular complexity index is 795. The first kappa shape index (κ1) is 13.2. The molecule has 0 aliphatic heterocycles. The molecule has 100 valence electrons. The van der Waals surface area contributed by atoms with Crippen molar-refractivity contribution in [2.24, 2.45) is 10.2 Å². The molecule has 0 fully saturated rings. The third-order valence-electron chi connectivity index (χ3n) is 2.49. The quantitative estimate of drug-likeness (QED) is 0.665. The Morgan fingerprint density at radius 1 is 1.15 bits per heavy atom. The molecule has 0 saturated carbocycles. The van der Waals surface area contributed by atoms with Crippen LogP contribution in [0.4, 0.5) is 10.7 Å². The minimum Gasteiger partial charge on any atom is -0.505 e. The van der Waals surface area contributed by atoms with Gasteiger partial charge in [0.05, 0.1) is 21.1 Å². The summed E-state index contributed by atoms with van der Waals surface area (Å²) >= 11 is 12.8. The van der Waals surface area contributed by atoms with Gasteiger partial charge in [-0.15, -0.1) is 10.2 Å². The number of fused-ring (bicyclic) bond motifs is 1. The molecule has 0 atom stereocenters. The summed E-state index contributed by atoms with van der Waals surface area (Å²) < 4.78 is 4.16. The lowest BCUT2D eigenvalue weighted by atomic mass is 10.3. The van der Waals surface area contributed by atoms with Crippen LogP contribution in [0.15, 0.2) is 40.7 Å². The highest BCUT2D eigenvalue weighted by Crippen LogP contribution is 2.37. The molecule has 8 heteroatoms. The van der Waals surface area contributed by atoms with E-state index in [0.717, 1.165) is 5.39 Å². The van der Waals surface area contributed by atoms with Crippen molar-refractivity contribution in [2.75, 3.05) is 0 Å². The van der Waals surface area contributed by atoms with E-state index in [2.05, 4.69) is 19.6 Å². The number of azo groups is 1. The van der Waals surface area contributed by atoms with E-state index >= 15 is 0 Å². The zero-order valence-electron chi connectivity index (χ0n) is 9.79. The van der Waals surface area contributed by atoms with E-state index in [9.17, 15) is 5.11 Å². The van der Waals surface area contributed by atoms with Gasteiger partial charge in [0.2, 0.25) is 0 Å². The number of hydrogen-bond acceptors (Lipinski definition) is 6. The first-order valence-corrected chi connectivity index (χ1v) is 6.98. The largest absolute Gasteiger partial charge is 0.505 e. The summed E-state index contributed by atoms with van der Waals surface area (Å²) in [6.07, 6.45) is 1.67. The van der Waals surface area contributed by atoms with Gasteiger partial charge in [-0.05, 0) is 35.8 Å². The highest BCUT2D eigenvalue weighted by molar-refractivity contribution is 7.11. The Labute approximate surface area is 127 Å². The minimum atomic E-state index is -0.167. The maximum absolute atomic E-state index is 9.47. The monoisotopic (exact) mass is 324 g/mol. The van der Waals surface area contributed by atoms with Crippen LogP contribution in [-0.4, -0.2) is 14.5 Å². The molecule has 1 N–H and O–H groups in total. The molecule has 20 heavy (non-hydrogen) atoms. The number of benzene rings is 1. The van der Waals surface area contributed by atoms with Crippen LogP contribution in [0, 0.1) is 0 Å². The number of phenolic OH excluding ortho intramolecular Hbond substituents is 1. The highest BCUT2D eigenvalue weighted by atomic mass is 35.5. The van der Waals surface area contributed by atoms with Crippen molar-refractivity contribution in [3.8, 4) is 5.75 Å². The fourth-order valence-corrected chi connectivity index (χ4v) is 2.69. The number of aromatic hydroxyl groups is 1. The average molecular weight is 325 g/mol. The van der Waals surface area contributed by atoms with Gasteiger partial charge in [-0.3, -0.25) is 0 Å². The van der Waals surface area contributed by atoms with Gasteiger partial charge in [-0.2, -0.15) is 4.37 Å². The Hall–Kier alpha value is -1.76. The lowest BCUT2D eigenvalue weighted by Crippen LogP contribution is -1.72. The summed E-state index contributed by atoms with van der Waals surface area (Å²) in [7, 11) is 0. The van der Waals surface area contributed by atoms with Gasteiger partial charge in [0.1, 0.15) is 0 Å². The van der Waals surface area contributed by atoms with Gasteiger partial charge in [0, 0.05) is 6.20 Å². The van der Waals surface area contributed by atoms with Crippen LogP contribution in [0.5, 0.6) is 5.75 Å². The molecule has 0 unspecified atom stereocenters. The van der Waals surface area contributed by atoms with Gasteiger partial charge >= 0.3 is 0 Å². The van der Waals surface area contributed by atoms with Gasteiger partial charge < -0.3 is 5.11 Å². The van der Waals surface area contributed by atoms with Gasteiger partial charge in [-0.25, -0.2) is 4.98 Å². The molecule has 0 aliphatic carbocycles. The molecule has 2 heterocycles. The van der Waals surface area contributed by atoms with Crippen molar-refractivity contribution in [1.82, 2.24) is 9.36 Å². The number of aromatic nitrogens is 2. The van der Waals surface area contributed by atoms with Crippen molar-refractivity contribution >= 4 is 56.5 Å². The first-order valence-electron chi connectivity index (χ1n) is 5.45. The molecule has 5 nitrogen and oxygen atoms in total. The van der Waals surface area contributed by atoms with Crippen molar-refractivity contribution in [2.45, 2.75) is 0 Å². The summed E-state index contributed by atoms with van der Waals surface area (Å²) in [6, 6.07) is 6.64. The van der Waals surface area contributed by atoms with Gasteiger partial charge in [0.15, 0.2) is 16.4 Å². The average Bonchev–Trinajstić information content (AvgIpc) is 2.85. The Morgan fingerprint density at radius 2 is 1.90 bits per heavy atom. The highest BCUT2D eigenvalue weighted by Gasteiger charge is 2.08. The molecule has 3 aromatic rings. The third kappa shape index (κ3) is 2.45. The van der Waals surface area contributed by atoms with E-state index in [4.69, 9.17) is 23.2 Å². The molecule has 1 aromatic carbocycles. The predicted molar refractivity (Wildman–Crippen MR) is 79.7 cm³/mol. The molecule has 0 bridgehead atoms. The van der Waals surface area contributed by atoms with E-state index in [1.54, 1.807) is 6.20 Å². The summed E-state index contributed by atoms with van der Waals surface area (Å²) in [4.78, 5) is 4.12. The number of pyridine rings is 1. The molecule has 2 aromatic heterocycles. The second kappa shape index (κ2) is 5.32. The van der Waals surface area contributed by atoms with Crippen molar-refractivity contribution in [3.05, 3.63) is 40.5 Å². The molecular formula is C12H6Cl2N4OS. The number of rotatable bonds is 2. The summed E-state index contributed by atoms with van der Waals surface area (Å²) in [5, 5.41) is 19.4. The van der Waals surface area contributed by atoms with Crippen LogP contribution in [-0.2, 0) is 0 Å². The Morgan fingerprint density at radius 3 is 2.65 bits per heavy atom. The maximum atomic E-state index is 9.47. The van der Waals surface area contributed by atoms with Crippen molar-refractivity contribution in [3.63, 3.8) is 0 Å². The van der Waals surface area contributed by atoms with Crippen LogP contribution in [0.1, 0.15) is 0 Å². The summed E-state index contributed by atoms with van der Waals surface area (Å²) in [5.74, 6) is -0.167. The number of phenols is 1. The molecule has 0 saturated heterocycles. The lowest BCUT2D eigenvalue weighted by Gasteiger charge is -2.00. The molecule has 0 amide bonds. The normalized spacial score (nSPS) is 11.5. The summed E-state index contributed by atoms with van der Waals surface area (Å²) in [6.45, 7) is 0. The lowest BCUT2D eigenvalue weighted by molar-refractivity contribution is 0.476. The third-order valence-corrected chi connectivity index (χ3v) is 3.81. The van der Waals surface area contributed by atoms with E-state index in [1.807, 2.05) is 12.1 Å². The topological polar surface area (TPSA) is 70.7 Å². The molecule has 0 aliphatic rings. The molecular weight excluding hydrogens is 319 g/mol. The molecule has 0 radical (unpaired) electrons. The first-order chi connectivity index (χ1) is 9.65. The Balaban J connectivity index is 1.98. The van der Waals surface area contributed by atoms with E-state index in [-0.39, 0.29) is 15.8 Å². The van der Waals surface area contributed by atoms with Crippen molar-refractivity contribution < 1.29 is 5.11 Å². The maximum Gasteiger partial charge on any atom is 0.175 e. The molecule has 3 rings (SSSR count). The zero-order valence-corrected chi connectivity index (χ0v) is 12.1. The summed E-state index contributed by atoms with van der Waals surface area (Å²) in [5.41, 5.74) is 1.08. The van der Waals surface area contributed by atoms with E-state index in [1.165, 1.54) is 23.7 Å². The van der Waals surface area contributed by atoms with Crippen LogP contribution in [0.3, 0.4) is 0 Å². The Kier molecular flexibility index (Phi) is 3.52. The standard InChI is InChI=1S/C12H6Cl2N4OS/c13-8-4-6(5-9(14)10(8)19)16-17-12-7-2-1-3-15-11(7)18-20-12/h1-5,19H. The minimum absolute atomic E-state index is 0.127. The fraction of sp³-hybridized carbons (Fsp3) is 0. The zero-order chi connectivity index (χ0) is 14.1. The fourth-order valence-electron chi connectivity index (χ4n) is 1.56. The van der Waals surface area contributed by atoms with E-state index < -0.39 is 0 Å². The second-order valence-corrected chi connectivity index (χ2v) is 5.39. The number of nitrogens with zero attached hydrogens (tertiary/aromatic N) is 4. The van der Waals surface area contributed by atoms with Crippen LogP contribution in [0.2, 0.25) is 10.0 Å². The van der Waals surface area contributed by atoms with Gasteiger partial charge in [0.25, 0.3) is 0 Å². The van der Waals surface area contributed by atoms with E-state index in [0.29, 0.717) is 16.3 Å². The smallest absolute Gasteiger partial charge is 0.175 e. The predicted octanol–water partition coefficient (Wildman–Crippen LogP) is 5.12. The van der Waals surface area contributed by atoms with Gasteiger partial charge in [-0.1, -0.05) is 23.2 Å². The van der Waals surface area contributed by atoms with Crippen LogP contribution < -0.4 is 0 Å². The SMILES string of the molecule is Oc1c(Cl)cc(N=Nc2snc3ncccc23)cc1Cl. The molecule has 0 spiro atoms. The second-order valence-electron chi connectivity index (χ2n) is 3.82.